The molecule has 1 aliphatic carbocycles. The minimum absolute atomic E-state index is 0.0579. The number of urea groups is 1. The highest BCUT2D eigenvalue weighted by Crippen LogP contribution is 2.45. The molecule has 5 atom stereocenters. The van der Waals surface area contributed by atoms with Gasteiger partial charge in [0.15, 0.2) is 8.32 Å². The van der Waals surface area contributed by atoms with Gasteiger partial charge < -0.3 is 50.2 Å². The first-order valence-corrected chi connectivity index (χ1v) is 20.4. The van der Waals surface area contributed by atoms with E-state index in [1.165, 1.54) is 7.05 Å². The fraction of sp³-hybridized carbons (Fsp3) is 0.605. The number of likely N-dealkylation sites (N-methyl/N-ethyl adjacent to an activating group) is 1. The fourth-order valence-electron chi connectivity index (χ4n) is 7.60. The smallest absolute Gasteiger partial charge is 0.407 e. The van der Waals surface area contributed by atoms with Crippen molar-refractivity contribution in [3.05, 3.63) is 59.7 Å². The van der Waals surface area contributed by atoms with Gasteiger partial charge in [0.05, 0.1) is 13.2 Å². The molecule has 13 nitrogen and oxygen atoms in total. The van der Waals surface area contributed by atoms with Crippen LogP contribution in [0.5, 0.6) is 0 Å². The minimum atomic E-state index is -2.34. The van der Waals surface area contributed by atoms with Gasteiger partial charge in [0.1, 0.15) is 37.1 Å². The number of aliphatic hydroxyl groups is 4. The number of carboxylic acid groups (broad SMARTS) is 1. The van der Waals surface area contributed by atoms with E-state index in [9.17, 15) is 39.9 Å². The van der Waals surface area contributed by atoms with Crippen molar-refractivity contribution in [3.63, 3.8) is 0 Å². The molecule has 0 saturated carbocycles. The standard InChI is InChI=1S/C38H59N3O10Si/c1-23(2)52(24(3)4,25(5)6)51-22-33(43)35(45)34(44)32(42)20-41(7)37(48)39-19-13-12-18-31(36(46)47)40-38(49)50-21-30-28-16-10-8-14-26(28)27-15-9-11-17-29(27)30/h8-11,14-17,23-25,30-35,42-45H,12-13,18-22H2,1-7H3,(H,39,48)(H,40,49)(H,46,47)/t31-,32-,33+,34+,35+/m0/s1. The molecule has 0 saturated heterocycles. The minimum Gasteiger partial charge on any atom is -0.480 e. The molecule has 0 radical (unpaired) electrons. The summed E-state index contributed by atoms with van der Waals surface area (Å²) < 4.78 is 11.8. The molecule has 1 aliphatic rings. The third-order valence-electron chi connectivity index (χ3n) is 10.3. The maximum atomic E-state index is 12.6. The average Bonchev–Trinajstić information content (AvgIpc) is 3.42. The second-order valence-electron chi connectivity index (χ2n) is 14.7. The Morgan fingerprint density at radius 2 is 1.33 bits per heavy atom. The molecule has 0 aliphatic heterocycles. The van der Waals surface area contributed by atoms with Crippen LogP contribution in [0.1, 0.15) is 77.8 Å². The first kappa shape index (κ1) is 42.9. The van der Waals surface area contributed by atoms with Crippen LogP contribution < -0.4 is 10.6 Å². The number of hydrogen-bond donors (Lipinski definition) is 7. The third kappa shape index (κ3) is 10.5. The van der Waals surface area contributed by atoms with Gasteiger partial charge in [0.25, 0.3) is 0 Å². The van der Waals surface area contributed by atoms with E-state index in [1.807, 2.05) is 48.5 Å². The first-order chi connectivity index (χ1) is 24.5. The maximum Gasteiger partial charge on any atom is 0.407 e. The Balaban J connectivity index is 1.39. The molecule has 3 rings (SSSR count). The Kier molecular flexibility index (Phi) is 16.1. The monoisotopic (exact) mass is 745 g/mol. The number of aliphatic carboxylic acids is 1. The summed E-state index contributed by atoms with van der Waals surface area (Å²) in [5, 5.41) is 57.1. The van der Waals surface area contributed by atoms with Crippen molar-refractivity contribution in [2.24, 2.45) is 0 Å². The summed E-state index contributed by atoms with van der Waals surface area (Å²) in [7, 11) is -0.929. The van der Waals surface area contributed by atoms with E-state index < -0.39 is 56.9 Å². The lowest BCUT2D eigenvalue weighted by atomic mass is 9.98. The highest BCUT2D eigenvalue weighted by Gasteiger charge is 2.46. The lowest BCUT2D eigenvalue weighted by Crippen LogP contribution is -2.53. The molecule has 0 bridgehead atoms. The molecular weight excluding hydrogens is 687 g/mol. The summed E-state index contributed by atoms with van der Waals surface area (Å²) >= 11 is 0. The normalized spacial score (nSPS) is 15.8. The Morgan fingerprint density at radius 3 is 1.85 bits per heavy atom. The van der Waals surface area contributed by atoms with Crippen LogP contribution >= 0.6 is 0 Å². The second-order valence-corrected chi connectivity index (χ2v) is 20.2. The van der Waals surface area contributed by atoms with E-state index in [0.29, 0.717) is 12.8 Å². The summed E-state index contributed by atoms with van der Waals surface area (Å²) in [6.45, 7) is 12.3. The number of rotatable bonds is 20. The van der Waals surface area contributed by atoms with Crippen LogP contribution in [0.3, 0.4) is 0 Å². The molecule has 52 heavy (non-hydrogen) atoms. The van der Waals surface area contributed by atoms with Crippen LogP contribution in [0.25, 0.3) is 11.1 Å². The van der Waals surface area contributed by atoms with Gasteiger partial charge in [-0.05, 0) is 58.1 Å². The molecule has 0 fully saturated rings. The maximum absolute atomic E-state index is 12.6. The van der Waals surface area contributed by atoms with E-state index in [4.69, 9.17) is 9.16 Å². The number of fused-ring (bicyclic) bond motifs is 3. The first-order valence-electron chi connectivity index (χ1n) is 18.2. The van der Waals surface area contributed by atoms with Gasteiger partial charge in [0.2, 0.25) is 0 Å². The van der Waals surface area contributed by atoms with Crippen LogP contribution in [0.15, 0.2) is 48.5 Å². The van der Waals surface area contributed by atoms with E-state index >= 15 is 0 Å². The number of carbonyl (C=O) groups excluding carboxylic acids is 2. The van der Waals surface area contributed by atoms with E-state index in [-0.39, 0.29) is 55.3 Å². The number of carbonyl (C=O) groups is 3. The number of aliphatic hydroxyl groups excluding tert-OH is 4. The number of nitrogens with one attached hydrogen (secondary N) is 2. The van der Waals surface area contributed by atoms with E-state index in [1.54, 1.807) is 0 Å². The molecule has 0 spiro atoms. The van der Waals surface area contributed by atoms with Crippen molar-refractivity contribution in [2.45, 2.75) is 114 Å². The molecule has 290 valence electrons. The van der Waals surface area contributed by atoms with Crippen molar-refractivity contribution in [1.29, 1.82) is 0 Å². The summed E-state index contributed by atoms with van der Waals surface area (Å²) in [5.41, 5.74) is 5.02. The number of ether oxygens (including phenoxy) is 1. The molecule has 2 aromatic carbocycles. The van der Waals surface area contributed by atoms with Gasteiger partial charge in [-0.1, -0.05) is 90.1 Å². The van der Waals surface area contributed by atoms with Crippen molar-refractivity contribution in [3.8, 4) is 11.1 Å². The SMILES string of the molecule is CC(C)[Si](OC[C@@H](O)[C@@H](O)[C@H](O)[C@@H](O)CN(C)C(=O)NCCCC[C@H](NC(=O)OCC1c2ccccc2-c2ccccc21)C(=O)O)(C(C)C)C(C)C. The zero-order valence-corrected chi connectivity index (χ0v) is 32.5. The number of carboxylic acids is 1. The molecule has 2 aromatic rings. The van der Waals surface area contributed by atoms with Crippen molar-refractivity contribution in [1.82, 2.24) is 15.5 Å². The lowest BCUT2D eigenvalue weighted by Gasteiger charge is -2.43. The molecule has 7 N–H and O–H groups in total. The van der Waals surface area contributed by atoms with Crippen LogP contribution in [0.4, 0.5) is 9.59 Å². The molecule has 0 unspecified atom stereocenters. The van der Waals surface area contributed by atoms with Crippen LogP contribution in [-0.4, -0.2) is 121 Å². The zero-order valence-electron chi connectivity index (χ0n) is 31.5. The predicted molar refractivity (Wildman–Crippen MR) is 201 cm³/mol. The van der Waals surface area contributed by atoms with Crippen molar-refractivity contribution in [2.75, 3.05) is 33.4 Å². The van der Waals surface area contributed by atoms with Gasteiger partial charge >= 0.3 is 18.1 Å². The summed E-state index contributed by atoms with van der Waals surface area (Å²) in [6.07, 6.45) is -6.38. The molecule has 3 amide bonds. The van der Waals surface area contributed by atoms with Crippen molar-refractivity contribution >= 4 is 26.4 Å². The molecule has 0 aromatic heterocycles. The fourth-order valence-corrected chi connectivity index (χ4v) is 13.1. The van der Waals surface area contributed by atoms with Crippen LogP contribution in [0.2, 0.25) is 16.6 Å². The summed E-state index contributed by atoms with van der Waals surface area (Å²) in [5.74, 6) is -1.36. The highest BCUT2D eigenvalue weighted by atomic mass is 28.4. The Morgan fingerprint density at radius 1 is 0.808 bits per heavy atom. The topological polar surface area (TPSA) is 198 Å². The number of hydrogen-bond acceptors (Lipinski definition) is 9. The van der Waals surface area contributed by atoms with Crippen molar-refractivity contribution < 1.29 is 49.1 Å². The van der Waals surface area contributed by atoms with E-state index in [2.05, 4.69) is 52.2 Å². The predicted octanol–water partition coefficient (Wildman–Crippen LogP) is 4.43. The average molecular weight is 746 g/mol. The quantitative estimate of drug-likeness (QED) is 0.0752. The third-order valence-corrected chi connectivity index (χ3v) is 16.4. The molecular formula is C38H59N3O10Si. The van der Waals surface area contributed by atoms with Gasteiger partial charge in [0, 0.05) is 19.5 Å². The number of alkyl carbamates (subject to hydrolysis) is 1. The Labute approximate surface area is 308 Å². The second kappa shape index (κ2) is 19.5. The summed E-state index contributed by atoms with van der Waals surface area (Å²) in [4.78, 5) is 38.2. The lowest BCUT2D eigenvalue weighted by molar-refractivity contribution is -0.139. The largest absolute Gasteiger partial charge is 0.480 e. The van der Waals surface area contributed by atoms with Crippen LogP contribution in [-0.2, 0) is 14.0 Å². The van der Waals surface area contributed by atoms with Gasteiger partial charge in [-0.15, -0.1) is 0 Å². The Bertz CT molecular complexity index is 1410. The molecule has 14 heteroatoms. The van der Waals surface area contributed by atoms with E-state index in [0.717, 1.165) is 27.2 Å². The number of nitrogens with zero attached hydrogens (tertiary/aromatic N) is 1. The van der Waals surface area contributed by atoms with Gasteiger partial charge in [-0.2, -0.15) is 0 Å². The highest BCUT2D eigenvalue weighted by molar-refractivity contribution is 6.77. The number of unbranched alkanes of at least 4 members (excludes halogenated alkanes) is 1. The summed E-state index contributed by atoms with van der Waals surface area (Å²) in [6, 6.07) is 14.1. The Hall–Kier alpha value is -3.53. The number of amides is 3. The van der Waals surface area contributed by atoms with Crippen LogP contribution in [0, 0.1) is 0 Å². The van der Waals surface area contributed by atoms with Gasteiger partial charge in [-0.3, -0.25) is 0 Å². The zero-order chi connectivity index (χ0) is 38.7. The number of benzene rings is 2. The van der Waals surface area contributed by atoms with Gasteiger partial charge in [-0.25, -0.2) is 14.4 Å². The molecule has 0 heterocycles.